The summed E-state index contributed by atoms with van der Waals surface area (Å²) in [6.07, 6.45) is -2.22. The van der Waals surface area contributed by atoms with Crippen molar-refractivity contribution >= 4 is 34.6 Å². The molecule has 2 amide bonds. The van der Waals surface area contributed by atoms with Crippen LogP contribution in [0.15, 0.2) is 42.5 Å². The van der Waals surface area contributed by atoms with Crippen LogP contribution in [0.2, 0.25) is 0 Å². The van der Waals surface area contributed by atoms with Crippen LogP contribution < -0.4 is 20.2 Å². The average molecular weight is 462 g/mol. The minimum Gasteiger partial charge on any atom is -0.359 e. The molecule has 1 fully saturated rings. The van der Waals surface area contributed by atoms with E-state index in [-0.39, 0.29) is 17.9 Å². The van der Waals surface area contributed by atoms with Gasteiger partial charge in [0, 0.05) is 35.8 Å². The standard InChI is InChI=1S/C24H27F3N4O2/c1-15(2)22(32)28-16-11-12-19-21(14-16)31(3,29-23(33)24(25,26)27)20-10-5-4-8-17(20)18-9-6-7-13-30(18)19/h4-5,8,10-12,14-15,18H,6-7,9,13H2,1-3H3,(H-,28,29,32,33)/p+1/t18-,31-/m1/s1. The molecular formula is C24H28F3N4O2+. The second-order valence-electron chi connectivity index (χ2n) is 9.06. The van der Waals surface area contributed by atoms with Crippen LogP contribution >= 0.6 is 0 Å². The summed E-state index contributed by atoms with van der Waals surface area (Å²) in [5, 5.41) is 2.83. The van der Waals surface area contributed by atoms with Gasteiger partial charge in [-0.25, -0.2) is 0 Å². The summed E-state index contributed by atoms with van der Waals surface area (Å²) in [6, 6.07) is 12.5. The molecule has 176 valence electrons. The highest BCUT2D eigenvalue weighted by Crippen LogP contribution is 2.51. The number of halogens is 3. The van der Waals surface area contributed by atoms with E-state index in [4.69, 9.17) is 0 Å². The van der Waals surface area contributed by atoms with Crippen LogP contribution in [0.4, 0.5) is 35.9 Å². The number of rotatable bonds is 3. The third kappa shape index (κ3) is 4.17. The van der Waals surface area contributed by atoms with E-state index >= 15 is 0 Å². The molecule has 2 heterocycles. The SMILES string of the molecule is CC(C)C(=O)Nc1ccc2c(c1)[N@+](C)(NC(=O)C(F)(F)F)c1ccccc1[C@H]1CCCCN21. The molecule has 6 nitrogen and oxygen atoms in total. The molecule has 0 unspecified atom stereocenters. The summed E-state index contributed by atoms with van der Waals surface area (Å²) >= 11 is 0. The van der Waals surface area contributed by atoms with E-state index in [0.29, 0.717) is 17.1 Å². The average Bonchev–Trinajstić information content (AvgIpc) is 2.86. The van der Waals surface area contributed by atoms with Gasteiger partial charge in [-0.2, -0.15) is 23.2 Å². The molecule has 2 aromatic rings. The second-order valence-corrected chi connectivity index (χ2v) is 9.06. The number of quaternary nitrogens is 1. The van der Waals surface area contributed by atoms with Gasteiger partial charge in [0.1, 0.15) is 12.7 Å². The molecule has 2 aliphatic rings. The fraction of sp³-hybridized carbons (Fsp3) is 0.417. The largest absolute Gasteiger partial charge is 0.476 e. The highest BCUT2D eigenvalue weighted by Gasteiger charge is 2.49. The van der Waals surface area contributed by atoms with Gasteiger partial charge >= 0.3 is 12.1 Å². The number of nitrogens with one attached hydrogen (secondary N) is 2. The van der Waals surface area contributed by atoms with Crippen molar-refractivity contribution in [1.82, 2.24) is 10.0 Å². The molecule has 2 atom stereocenters. The molecule has 0 saturated carbocycles. The Balaban J connectivity index is 1.94. The van der Waals surface area contributed by atoms with E-state index in [2.05, 4.69) is 15.6 Å². The van der Waals surface area contributed by atoms with E-state index in [1.54, 1.807) is 45.2 Å². The molecule has 9 heteroatoms. The van der Waals surface area contributed by atoms with Gasteiger partial charge in [-0.3, -0.25) is 9.59 Å². The zero-order valence-electron chi connectivity index (χ0n) is 18.9. The number of piperidine rings is 1. The van der Waals surface area contributed by atoms with Gasteiger partial charge < -0.3 is 10.2 Å². The molecule has 0 aliphatic carbocycles. The number of hydrogen-bond acceptors (Lipinski definition) is 3. The minimum atomic E-state index is -5.04. The lowest BCUT2D eigenvalue weighted by Crippen LogP contribution is -2.58. The number of anilines is 2. The Morgan fingerprint density at radius 1 is 1.09 bits per heavy atom. The van der Waals surface area contributed by atoms with Crippen LogP contribution in [0.3, 0.4) is 0 Å². The molecule has 4 rings (SSSR count). The molecule has 0 spiro atoms. The van der Waals surface area contributed by atoms with Crippen molar-refractivity contribution in [3.8, 4) is 0 Å². The van der Waals surface area contributed by atoms with E-state index < -0.39 is 16.7 Å². The Kier molecular flexibility index (Phi) is 5.86. The third-order valence-electron chi connectivity index (χ3n) is 6.42. The summed E-state index contributed by atoms with van der Waals surface area (Å²) in [6.45, 7) is 4.27. The molecule has 33 heavy (non-hydrogen) atoms. The van der Waals surface area contributed by atoms with Crippen molar-refractivity contribution in [2.24, 2.45) is 5.92 Å². The first-order valence-corrected chi connectivity index (χ1v) is 11.1. The predicted octanol–water partition coefficient (Wildman–Crippen LogP) is 5.19. The van der Waals surface area contributed by atoms with Gasteiger partial charge in [0.2, 0.25) is 5.91 Å². The summed E-state index contributed by atoms with van der Waals surface area (Å²) in [4.78, 5) is 26.7. The lowest BCUT2D eigenvalue weighted by Gasteiger charge is -2.36. The van der Waals surface area contributed by atoms with E-state index in [0.717, 1.165) is 37.1 Å². The van der Waals surface area contributed by atoms with E-state index in [9.17, 15) is 22.8 Å². The number of carbonyl (C=O) groups is 2. The molecule has 2 aromatic carbocycles. The summed E-state index contributed by atoms with van der Waals surface area (Å²) in [5.74, 6) is -2.49. The summed E-state index contributed by atoms with van der Waals surface area (Å²) in [7, 11) is 1.55. The highest BCUT2D eigenvalue weighted by atomic mass is 19.4. The van der Waals surface area contributed by atoms with E-state index in [1.807, 2.05) is 18.2 Å². The van der Waals surface area contributed by atoms with Crippen LogP contribution in [0, 0.1) is 5.92 Å². The molecule has 1 saturated heterocycles. The number of carbonyl (C=O) groups excluding carboxylic acids is 2. The summed E-state index contributed by atoms with van der Waals surface area (Å²) < 4.78 is 39.6. The minimum absolute atomic E-state index is 0.0208. The molecule has 0 radical (unpaired) electrons. The topological polar surface area (TPSA) is 61.4 Å². The number of alkyl halides is 3. The van der Waals surface area contributed by atoms with E-state index in [1.165, 1.54) is 0 Å². The number of nitrogens with zero attached hydrogens (tertiary/aromatic N) is 2. The van der Waals surface area contributed by atoms with Crippen LogP contribution in [-0.2, 0) is 9.59 Å². The van der Waals surface area contributed by atoms with Crippen LogP contribution in [0.25, 0.3) is 0 Å². The molecular weight excluding hydrogens is 433 g/mol. The van der Waals surface area contributed by atoms with Crippen molar-refractivity contribution < 1.29 is 22.8 Å². The van der Waals surface area contributed by atoms with Gasteiger partial charge in [-0.1, -0.05) is 32.0 Å². The van der Waals surface area contributed by atoms with Gasteiger partial charge in [0.15, 0.2) is 11.4 Å². The zero-order chi connectivity index (χ0) is 24.0. The maximum Gasteiger partial charge on any atom is 0.476 e. The first-order chi connectivity index (χ1) is 15.5. The zero-order valence-corrected chi connectivity index (χ0v) is 18.9. The predicted molar refractivity (Wildman–Crippen MR) is 122 cm³/mol. The third-order valence-corrected chi connectivity index (χ3v) is 6.42. The fourth-order valence-corrected chi connectivity index (χ4v) is 4.73. The monoisotopic (exact) mass is 461 g/mol. The van der Waals surface area contributed by atoms with Gasteiger partial charge in [0.05, 0.1) is 6.04 Å². The maximum absolute atomic E-state index is 13.4. The second kappa shape index (κ2) is 8.37. The first-order valence-electron chi connectivity index (χ1n) is 11.1. The Bertz CT molecular complexity index is 1090. The van der Waals surface area contributed by atoms with Crippen molar-refractivity contribution in [1.29, 1.82) is 0 Å². The number of amides is 2. The molecule has 2 aliphatic heterocycles. The van der Waals surface area contributed by atoms with Crippen molar-refractivity contribution in [3.63, 3.8) is 0 Å². The molecule has 2 N–H and O–H groups in total. The number of para-hydroxylation sites is 1. The molecule has 0 bridgehead atoms. The lowest BCUT2D eigenvalue weighted by atomic mass is 9.94. The normalized spacial score (nSPS) is 22.0. The Labute approximate surface area is 190 Å². The van der Waals surface area contributed by atoms with Crippen LogP contribution in [0.1, 0.15) is 44.7 Å². The van der Waals surface area contributed by atoms with Crippen molar-refractivity contribution in [3.05, 3.63) is 48.0 Å². The Morgan fingerprint density at radius 3 is 2.52 bits per heavy atom. The maximum atomic E-state index is 13.4. The fourth-order valence-electron chi connectivity index (χ4n) is 4.73. The van der Waals surface area contributed by atoms with Gasteiger partial charge in [-0.15, -0.1) is 0 Å². The van der Waals surface area contributed by atoms with Crippen LogP contribution in [0.5, 0.6) is 0 Å². The Hall–Kier alpha value is -3.07. The van der Waals surface area contributed by atoms with Crippen molar-refractivity contribution in [2.75, 3.05) is 23.8 Å². The lowest BCUT2D eigenvalue weighted by molar-refractivity contribution is -0.176. The molecule has 0 aromatic heterocycles. The van der Waals surface area contributed by atoms with Gasteiger partial charge in [-0.05, 0) is 31.4 Å². The Morgan fingerprint density at radius 2 is 1.82 bits per heavy atom. The van der Waals surface area contributed by atoms with Gasteiger partial charge in [0.25, 0.3) is 0 Å². The quantitative estimate of drug-likeness (QED) is 0.619. The first kappa shape index (κ1) is 23.1. The smallest absolute Gasteiger partial charge is 0.359 e. The van der Waals surface area contributed by atoms with Crippen molar-refractivity contribution in [2.45, 2.75) is 45.3 Å². The van der Waals surface area contributed by atoms with Crippen LogP contribution in [-0.4, -0.2) is 31.6 Å². The highest BCUT2D eigenvalue weighted by molar-refractivity contribution is 5.94. The number of fused-ring (bicyclic) bond motifs is 5. The summed E-state index contributed by atoms with van der Waals surface area (Å²) in [5.41, 5.74) is 5.35. The number of benzene rings is 2. The number of hydrogen-bond donors (Lipinski definition) is 2.